The van der Waals surface area contributed by atoms with Crippen molar-refractivity contribution in [2.24, 2.45) is 5.92 Å². The highest BCUT2D eigenvalue weighted by Crippen LogP contribution is 2.41. The normalized spacial score (nSPS) is 29.4. The van der Waals surface area contributed by atoms with E-state index >= 15 is 0 Å². The summed E-state index contributed by atoms with van der Waals surface area (Å²) in [4.78, 5) is 0. The third-order valence-electron chi connectivity index (χ3n) is 2.98. The van der Waals surface area contributed by atoms with Gasteiger partial charge >= 0.3 is 0 Å². The van der Waals surface area contributed by atoms with Gasteiger partial charge in [0, 0.05) is 5.92 Å². The van der Waals surface area contributed by atoms with Crippen molar-refractivity contribution in [3.05, 3.63) is 10.0 Å². The van der Waals surface area contributed by atoms with E-state index in [9.17, 15) is 0 Å². The second kappa shape index (κ2) is 4.15. The first kappa shape index (κ1) is 10.4. The second-order valence-electron chi connectivity index (χ2n) is 4.11. The fourth-order valence-corrected chi connectivity index (χ4v) is 3.29. The summed E-state index contributed by atoms with van der Waals surface area (Å²) < 4.78 is 0. The maximum absolute atomic E-state index is 5.97. The Balaban J connectivity index is 2.16. The standard InChI is InChI=1S/C10H15ClN2S/c1-6-4-3-5-8(6)10-13-12-9(14-10)7(2)11/h6-8H,3-5H2,1-2H3. The van der Waals surface area contributed by atoms with E-state index in [0.717, 1.165) is 10.9 Å². The Morgan fingerprint density at radius 2 is 2.21 bits per heavy atom. The maximum atomic E-state index is 5.97. The summed E-state index contributed by atoms with van der Waals surface area (Å²) in [6, 6.07) is 0. The monoisotopic (exact) mass is 230 g/mol. The molecule has 0 N–H and O–H groups in total. The van der Waals surface area contributed by atoms with Gasteiger partial charge in [-0.2, -0.15) is 0 Å². The fourth-order valence-electron chi connectivity index (χ4n) is 2.07. The molecule has 0 bridgehead atoms. The number of rotatable bonds is 2. The maximum Gasteiger partial charge on any atom is 0.135 e. The lowest BCUT2D eigenvalue weighted by Gasteiger charge is -2.10. The first-order valence-corrected chi connectivity index (χ1v) is 6.41. The van der Waals surface area contributed by atoms with E-state index in [1.807, 2.05) is 6.92 Å². The summed E-state index contributed by atoms with van der Waals surface area (Å²) in [5.41, 5.74) is 0. The van der Waals surface area contributed by atoms with Gasteiger partial charge in [-0.15, -0.1) is 21.8 Å². The molecule has 3 unspecified atom stereocenters. The molecule has 1 aliphatic carbocycles. The molecule has 1 aromatic heterocycles. The van der Waals surface area contributed by atoms with Gasteiger partial charge in [0.25, 0.3) is 0 Å². The SMILES string of the molecule is CC(Cl)c1nnc(C2CCCC2C)s1. The van der Waals surface area contributed by atoms with Crippen LogP contribution in [0.4, 0.5) is 0 Å². The summed E-state index contributed by atoms with van der Waals surface area (Å²) in [6.45, 7) is 4.26. The van der Waals surface area contributed by atoms with Crippen molar-refractivity contribution >= 4 is 22.9 Å². The molecule has 1 saturated carbocycles. The fraction of sp³-hybridized carbons (Fsp3) is 0.800. The summed E-state index contributed by atoms with van der Waals surface area (Å²) in [7, 11) is 0. The molecule has 1 aromatic rings. The number of hydrogen-bond acceptors (Lipinski definition) is 3. The molecule has 14 heavy (non-hydrogen) atoms. The third-order valence-corrected chi connectivity index (χ3v) is 4.55. The molecule has 2 nitrogen and oxygen atoms in total. The van der Waals surface area contributed by atoms with Gasteiger partial charge in [0.1, 0.15) is 10.0 Å². The average Bonchev–Trinajstić information content (AvgIpc) is 2.71. The van der Waals surface area contributed by atoms with Crippen molar-refractivity contribution in [1.29, 1.82) is 0 Å². The van der Waals surface area contributed by atoms with E-state index in [1.54, 1.807) is 11.3 Å². The first-order chi connectivity index (χ1) is 6.68. The van der Waals surface area contributed by atoms with Gasteiger partial charge in [-0.1, -0.05) is 31.1 Å². The van der Waals surface area contributed by atoms with Crippen LogP contribution in [0.15, 0.2) is 0 Å². The predicted octanol–water partition coefficient (Wildman–Crippen LogP) is 3.74. The molecule has 0 amide bonds. The highest BCUT2D eigenvalue weighted by molar-refractivity contribution is 7.11. The summed E-state index contributed by atoms with van der Waals surface area (Å²) in [6.07, 6.45) is 3.93. The van der Waals surface area contributed by atoms with E-state index in [4.69, 9.17) is 11.6 Å². The van der Waals surface area contributed by atoms with Gasteiger partial charge in [0.15, 0.2) is 0 Å². The Morgan fingerprint density at radius 1 is 1.43 bits per heavy atom. The molecule has 1 fully saturated rings. The van der Waals surface area contributed by atoms with Crippen LogP contribution < -0.4 is 0 Å². The Labute approximate surface area is 93.7 Å². The lowest BCUT2D eigenvalue weighted by atomic mass is 9.99. The highest BCUT2D eigenvalue weighted by atomic mass is 35.5. The Hall–Kier alpha value is -0.150. The minimum atomic E-state index is -0.00189. The molecular formula is C10H15ClN2S. The third kappa shape index (κ3) is 1.94. The molecule has 1 heterocycles. The van der Waals surface area contributed by atoms with Crippen molar-refractivity contribution in [2.75, 3.05) is 0 Å². The van der Waals surface area contributed by atoms with Crippen LogP contribution >= 0.6 is 22.9 Å². The van der Waals surface area contributed by atoms with E-state index < -0.39 is 0 Å². The predicted molar refractivity (Wildman–Crippen MR) is 59.9 cm³/mol. The number of nitrogens with zero attached hydrogens (tertiary/aromatic N) is 2. The molecule has 78 valence electrons. The Kier molecular flexibility index (Phi) is 3.07. The molecule has 4 heteroatoms. The van der Waals surface area contributed by atoms with Crippen LogP contribution in [0.3, 0.4) is 0 Å². The second-order valence-corrected chi connectivity index (χ2v) is 5.80. The molecule has 0 aliphatic heterocycles. The molecule has 1 aliphatic rings. The van der Waals surface area contributed by atoms with Crippen molar-refractivity contribution in [3.63, 3.8) is 0 Å². The molecule has 0 aromatic carbocycles. The molecule has 0 radical (unpaired) electrons. The van der Waals surface area contributed by atoms with E-state index in [-0.39, 0.29) is 5.38 Å². The molecule has 0 spiro atoms. The summed E-state index contributed by atoms with van der Waals surface area (Å²) >= 11 is 7.66. The zero-order valence-corrected chi connectivity index (χ0v) is 10.1. The van der Waals surface area contributed by atoms with E-state index in [2.05, 4.69) is 17.1 Å². The largest absolute Gasteiger partial charge is 0.143 e. The molecule has 0 saturated heterocycles. The Morgan fingerprint density at radius 3 is 2.71 bits per heavy atom. The van der Waals surface area contributed by atoms with Crippen LogP contribution in [-0.4, -0.2) is 10.2 Å². The smallest absolute Gasteiger partial charge is 0.135 e. The number of hydrogen-bond donors (Lipinski definition) is 0. The van der Waals surface area contributed by atoms with Crippen LogP contribution in [0.25, 0.3) is 0 Å². The quantitative estimate of drug-likeness (QED) is 0.724. The van der Waals surface area contributed by atoms with Gasteiger partial charge in [0.2, 0.25) is 0 Å². The van der Waals surface area contributed by atoms with Crippen LogP contribution in [-0.2, 0) is 0 Å². The van der Waals surface area contributed by atoms with E-state index in [0.29, 0.717) is 5.92 Å². The topological polar surface area (TPSA) is 25.8 Å². The van der Waals surface area contributed by atoms with Crippen LogP contribution in [0, 0.1) is 5.92 Å². The minimum Gasteiger partial charge on any atom is -0.143 e. The zero-order valence-electron chi connectivity index (χ0n) is 8.53. The highest BCUT2D eigenvalue weighted by Gasteiger charge is 2.28. The first-order valence-electron chi connectivity index (χ1n) is 5.16. The molecule has 3 atom stereocenters. The van der Waals surface area contributed by atoms with E-state index in [1.165, 1.54) is 24.3 Å². The van der Waals surface area contributed by atoms with Crippen LogP contribution in [0.2, 0.25) is 0 Å². The van der Waals surface area contributed by atoms with Gasteiger partial charge < -0.3 is 0 Å². The zero-order chi connectivity index (χ0) is 10.1. The lowest BCUT2D eigenvalue weighted by Crippen LogP contribution is -2.00. The minimum absolute atomic E-state index is 0.00189. The molecular weight excluding hydrogens is 216 g/mol. The van der Waals surface area contributed by atoms with Crippen molar-refractivity contribution in [3.8, 4) is 0 Å². The number of aromatic nitrogens is 2. The van der Waals surface area contributed by atoms with Crippen LogP contribution in [0.5, 0.6) is 0 Å². The molecule has 2 rings (SSSR count). The summed E-state index contributed by atoms with van der Waals surface area (Å²) in [5.74, 6) is 1.40. The lowest BCUT2D eigenvalue weighted by molar-refractivity contribution is 0.527. The average molecular weight is 231 g/mol. The Bertz CT molecular complexity index is 311. The summed E-state index contributed by atoms with van der Waals surface area (Å²) in [5, 5.41) is 10.5. The number of alkyl halides is 1. The van der Waals surface area contributed by atoms with Crippen molar-refractivity contribution in [1.82, 2.24) is 10.2 Å². The van der Waals surface area contributed by atoms with Crippen LogP contribution in [0.1, 0.15) is 54.4 Å². The van der Waals surface area contributed by atoms with Gasteiger partial charge in [-0.3, -0.25) is 0 Å². The van der Waals surface area contributed by atoms with Gasteiger partial charge in [0.05, 0.1) is 5.38 Å². The van der Waals surface area contributed by atoms with Crippen molar-refractivity contribution in [2.45, 2.75) is 44.4 Å². The number of halogens is 1. The van der Waals surface area contributed by atoms with Crippen molar-refractivity contribution < 1.29 is 0 Å². The van der Waals surface area contributed by atoms with Gasteiger partial charge in [-0.25, -0.2) is 0 Å². The van der Waals surface area contributed by atoms with Gasteiger partial charge in [-0.05, 0) is 19.3 Å².